The van der Waals surface area contributed by atoms with Crippen molar-refractivity contribution in [1.29, 1.82) is 0 Å². The van der Waals surface area contributed by atoms with Gasteiger partial charge in [0.05, 0.1) is 23.3 Å². The van der Waals surface area contributed by atoms with Crippen LogP contribution in [0.15, 0.2) is 72.8 Å². The van der Waals surface area contributed by atoms with Crippen LogP contribution in [-0.4, -0.2) is 64.5 Å². The Balaban J connectivity index is 1.08. The summed E-state index contributed by atoms with van der Waals surface area (Å²) in [5.74, 6) is 0.665. The lowest BCUT2D eigenvalue weighted by Crippen LogP contribution is -2.51. The van der Waals surface area contributed by atoms with Crippen LogP contribution >= 0.6 is 0 Å². The summed E-state index contributed by atoms with van der Waals surface area (Å²) < 4.78 is 29.8. The van der Waals surface area contributed by atoms with E-state index in [9.17, 15) is 13.6 Å². The summed E-state index contributed by atoms with van der Waals surface area (Å²) in [6.07, 6.45) is 1.62. The van der Waals surface area contributed by atoms with Gasteiger partial charge in [-0.3, -0.25) is 14.3 Å². The maximum atomic E-state index is 14.2. The van der Waals surface area contributed by atoms with Gasteiger partial charge in [0.1, 0.15) is 17.5 Å². The summed E-state index contributed by atoms with van der Waals surface area (Å²) >= 11 is 0. The molecule has 8 heteroatoms. The summed E-state index contributed by atoms with van der Waals surface area (Å²) in [6, 6.07) is 21.3. The molecule has 38 heavy (non-hydrogen) atoms. The van der Waals surface area contributed by atoms with Crippen LogP contribution in [0.5, 0.6) is 0 Å². The van der Waals surface area contributed by atoms with Gasteiger partial charge < -0.3 is 9.80 Å². The molecule has 2 fully saturated rings. The molecule has 196 valence electrons. The molecule has 0 radical (unpaired) electrons. The van der Waals surface area contributed by atoms with Crippen molar-refractivity contribution in [2.45, 2.75) is 19.4 Å². The van der Waals surface area contributed by atoms with Crippen LogP contribution in [0.3, 0.4) is 0 Å². The predicted molar refractivity (Wildman–Crippen MR) is 144 cm³/mol. The maximum Gasteiger partial charge on any atom is 0.225 e. The fourth-order valence-corrected chi connectivity index (χ4v) is 5.73. The average Bonchev–Trinajstić information content (AvgIpc) is 3.32. The van der Waals surface area contributed by atoms with Gasteiger partial charge in [0.25, 0.3) is 0 Å². The highest BCUT2D eigenvalue weighted by molar-refractivity contribution is 5.79. The zero-order valence-electron chi connectivity index (χ0n) is 21.3. The molecule has 4 aromatic rings. The van der Waals surface area contributed by atoms with Crippen LogP contribution in [0.2, 0.25) is 0 Å². The molecule has 0 bridgehead atoms. The van der Waals surface area contributed by atoms with Crippen LogP contribution in [-0.2, 0) is 11.3 Å². The molecule has 0 saturated carbocycles. The van der Waals surface area contributed by atoms with E-state index < -0.39 is 0 Å². The van der Waals surface area contributed by atoms with E-state index in [-0.39, 0.29) is 23.5 Å². The highest BCUT2D eigenvalue weighted by atomic mass is 19.1. The number of rotatable bonds is 5. The second kappa shape index (κ2) is 10.5. The third-order valence-corrected chi connectivity index (χ3v) is 7.80. The fourth-order valence-electron chi connectivity index (χ4n) is 5.73. The number of hydrogen-bond donors (Lipinski definition) is 0. The van der Waals surface area contributed by atoms with Crippen LogP contribution in [0.25, 0.3) is 16.7 Å². The molecule has 6 rings (SSSR count). The number of para-hydroxylation sites is 3. The number of fused-ring (bicyclic) bond motifs is 1. The molecule has 0 N–H and O–H groups in total. The number of piperazine rings is 1. The van der Waals surface area contributed by atoms with Gasteiger partial charge >= 0.3 is 0 Å². The number of likely N-dealkylation sites (tertiary alicyclic amines) is 1. The monoisotopic (exact) mass is 515 g/mol. The molecule has 2 aliphatic heterocycles. The van der Waals surface area contributed by atoms with E-state index in [0.717, 1.165) is 48.5 Å². The number of imidazole rings is 1. The highest BCUT2D eigenvalue weighted by Gasteiger charge is 2.31. The van der Waals surface area contributed by atoms with Gasteiger partial charge in [-0.25, -0.2) is 13.8 Å². The van der Waals surface area contributed by atoms with Crippen molar-refractivity contribution in [2.75, 3.05) is 44.2 Å². The summed E-state index contributed by atoms with van der Waals surface area (Å²) in [5, 5.41) is 0. The fraction of sp³-hybridized carbons (Fsp3) is 0.333. The minimum absolute atomic E-state index is 0.0159. The number of anilines is 1. The second-order valence-corrected chi connectivity index (χ2v) is 10.1. The number of carbonyl (C=O) groups is 1. The smallest absolute Gasteiger partial charge is 0.225 e. The van der Waals surface area contributed by atoms with E-state index in [4.69, 9.17) is 4.98 Å². The number of piperidine rings is 1. The topological polar surface area (TPSA) is 44.6 Å². The molecule has 0 aliphatic carbocycles. The zero-order chi connectivity index (χ0) is 26.1. The zero-order valence-corrected chi connectivity index (χ0v) is 21.3. The van der Waals surface area contributed by atoms with Gasteiger partial charge in [0.2, 0.25) is 5.91 Å². The molecule has 3 heterocycles. The molecular weight excluding hydrogens is 484 g/mol. The SMILES string of the molecule is O=C(C1CCN(Cc2nc3ccccc3n2-c2ccc(F)cc2)CC1)N1CCN(c2ccccc2F)CC1. The van der Waals surface area contributed by atoms with Gasteiger partial charge in [-0.2, -0.15) is 0 Å². The van der Waals surface area contributed by atoms with Crippen molar-refractivity contribution < 1.29 is 13.6 Å². The van der Waals surface area contributed by atoms with E-state index in [2.05, 4.69) is 9.47 Å². The lowest BCUT2D eigenvalue weighted by Gasteiger charge is -2.39. The molecule has 2 aliphatic rings. The quantitative estimate of drug-likeness (QED) is 0.381. The first-order chi connectivity index (χ1) is 18.6. The van der Waals surface area contributed by atoms with Crippen molar-refractivity contribution in [3.8, 4) is 5.69 Å². The van der Waals surface area contributed by atoms with Gasteiger partial charge in [-0.1, -0.05) is 24.3 Å². The van der Waals surface area contributed by atoms with Crippen LogP contribution < -0.4 is 4.90 Å². The molecular formula is C30H31F2N5O. The Kier molecular flexibility index (Phi) is 6.81. The first kappa shape index (κ1) is 24.6. The molecule has 0 spiro atoms. The summed E-state index contributed by atoms with van der Waals surface area (Å²) in [6.45, 7) is 4.82. The van der Waals surface area contributed by atoms with Crippen LogP contribution in [0.1, 0.15) is 18.7 Å². The van der Waals surface area contributed by atoms with E-state index in [1.165, 1.54) is 18.2 Å². The lowest BCUT2D eigenvalue weighted by atomic mass is 9.95. The molecule has 0 unspecified atom stereocenters. The first-order valence-electron chi connectivity index (χ1n) is 13.3. The minimum atomic E-state index is -0.264. The van der Waals surface area contributed by atoms with Gasteiger partial charge in [0.15, 0.2) is 0 Å². The third-order valence-electron chi connectivity index (χ3n) is 7.80. The van der Waals surface area contributed by atoms with Crippen molar-refractivity contribution >= 4 is 22.6 Å². The Morgan fingerprint density at radius 2 is 1.50 bits per heavy atom. The minimum Gasteiger partial charge on any atom is -0.366 e. The van der Waals surface area contributed by atoms with Crippen LogP contribution in [0.4, 0.5) is 14.5 Å². The van der Waals surface area contributed by atoms with E-state index >= 15 is 0 Å². The standard InChI is InChI=1S/C30H31F2N5O/c31-23-9-11-24(12-10-23)37-28-8-4-2-6-26(28)33-29(37)21-34-15-13-22(14-16-34)30(38)36-19-17-35(18-20-36)27-7-3-1-5-25(27)32/h1-12,22H,13-21H2. The number of aromatic nitrogens is 2. The number of amides is 1. The summed E-state index contributed by atoms with van der Waals surface area (Å²) in [4.78, 5) is 24.5. The van der Waals surface area contributed by atoms with Gasteiger partial charge in [-0.15, -0.1) is 0 Å². The third kappa shape index (κ3) is 4.88. The molecule has 6 nitrogen and oxygen atoms in total. The lowest BCUT2D eigenvalue weighted by molar-refractivity contribution is -0.137. The van der Waals surface area contributed by atoms with E-state index in [1.54, 1.807) is 24.3 Å². The van der Waals surface area contributed by atoms with E-state index in [1.807, 2.05) is 40.1 Å². The molecule has 1 aromatic heterocycles. The molecule has 1 amide bonds. The Bertz CT molecular complexity index is 1420. The average molecular weight is 516 g/mol. The first-order valence-corrected chi connectivity index (χ1v) is 13.3. The Labute approximate surface area is 221 Å². The number of nitrogens with zero attached hydrogens (tertiary/aromatic N) is 5. The Morgan fingerprint density at radius 1 is 0.816 bits per heavy atom. The predicted octanol–water partition coefficient (Wildman–Crippen LogP) is 4.86. The van der Waals surface area contributed by atoms with Crippen LogP contribution in [0, 0.1) is 17.6 Å². The second-order valence-electron chi connectivity index (χ2n) is 10.1. The van der Waals surface area contributed by atoms with Crippen molar-refractivity contribution in [3.63, 3.8) is 0 Å². The molecule has 0 atom stereocenters. The maximum absolute atomic E-state index is 14.2. The Morgan fingerprint density at radius 3 is 2.24 bits per heavy atom. The van der Waals surface area contributed by atoms with Gasteiger partial charge in [0, 0.05) is 37.8 Å². The largest absolute Gasteiger partial charge is 0.366 e. The normalized spacial score (nSPS) is 17.3. The molecule has 2 saturated heterocycles. The van der Waals surface area contributed by atoms with Crippen molar-refractivity contribution in [1.82, 2.24) is 19.4 Å². The van der Waals surface area contributed by atoms with Crippen molar-refractivity contribution in [3.05, 3.63) is 90.3 Å². The number of carbonyl (C=O) groups excluding carboxylic acids is 1. The summed E-state index contributed by atoms with van der Waals surface area (Å²) in [7, 11) is 0. The van der Waals surface area contributed by atoms with Crippen molar-refractivity contribution in [2.24, 2.45) is 5.92 Å². The number of benzene rings is 3. The van der Waals surface area contributed by atoms with E-state index in [0.29, 0.717) is 38.4 Å². The molecule has 3 aromatic carbocycles. The number of halogens is 2. The Hall–Kier alpha value is -3.78. The highest BCUT2D eigenvalue weighted by Crippen LogP contribution is 2.27. The van der Waals surface area contributed by atoms with Gasteiger partial charge in [-0.05, 0) is 74.5 Å². The summed E-state index contributed by atoms with van der Waals surface area (Å²) in [5.41, 5.74) is 3.40. The number of hydrogen-bond acceptors (Lipinski definition) is 4.